The van der Waals surface area contributed by atoms with Gasteiger partial charge in [-0.1, -0.05) is 29.8 Å². The third kappa shape index (κ3) is 2.71. The summed E-state index contributed by atoms with van der Waals surface area (Å²) in [7, 11) is 0. The highest BCUT2D eigenvalue weighted by molar-refractivity contribution is 6.31. The third-order valence-electron chi connectivity index (χ3n) is 3.66. The van der Waals surface area contributed by atoms with Crippen molar-refractivity contribution in [2.75, 3.05) is 6.61 Å². The number of nitrogens with zero attached hydrogens (tertiary/aromatic N) is 2. The molecule has 2 aromatic rings. The van der Waals surface area contributed by atoms with Crippen LogP contribution < -0.4 is 11.2 Å². The van der Waals surface area contributed by atoms with Crippen molar-refractivity contribution in [2.24, 2.45) is 0 Å². The van der Waals surface area contributed by atoms with Crippen molar-refractivity contribution < 1.29 is 9.13 Å². The summed E-state index contributed by atoms with van der Waals surface area (Å²) in [5, 5.41) is 0.418. The monoisotopic (exact) mass is 324 g/mol. The van der Waals surface area contributed by atoms with Gasteiger partial charge in [0.1, 0.15) is 6.23 Å². The van der Waals surface area contributed by atoms with E-state index in [4.69, 9.17) is 16.3 Å². The fourth-order valence-corrected chi connectivity index (χ4v) is 2.71. The van der Waals surface area contributed by atoms with Gasteiger partial charge >= 0.3 is 5.69 Å². The summed E-state index contributed by atoms with van der Waals surface area (Å²) in [5.41, 5.74) is -0.981. The molecule has 1 aliphatic heterocycles. The summed E-state index contributed by atoms with van der Waals surface area (Å²) in [6.07, 6.45) is 1.80. The Kier molecular flexibility index (Phi) is 4.13. The molecule has 1 saturated heterocycles. The molecule has 1 aliphatic rings. The molecule has 0 radical (unpaired) electrons. The number of hydrogen-bond donors (Lipinski definition) is 0. The summed E-state index contributed by atoms with van der Waals surface area (Å²) in [6.45, 7) is 0.435. The maximum Gasteiger partial charge on any atom is 0.333 e. The molecule has 1 aromatic carbocycles. The number of aromatic nitrogens is 2. The Labute approximate surface area is 130 Å². The number of ether oxygens (including phenoxy) is 1. The second-order valence-electron chi connectivity index (χ2n) is 5.12. The molecule has 0 saturated carbocycles. The third-order valence-corrected chi connectivity index (χ3v) is 4.02. The van der Waals surface area contributed by atoms with E-state index in [-0.39, 0.29) is 6.54 Å². The molecule has 116 valence electrons. The Morgan fingerprint density at radius 3 is 2.77 bits per heavy atom. The zero-order chi connectivity index (χ0) is 15.7. The lowest BCUT2D eigenvalue weighted by molar-refractivity contribution is 0.0504. The quantitative estimate of drug-likeness (QED) is 0.869. The van der Waals surface area contributed by atoms with Crippen molar-refractivity contribution in [2.45, 2.75) is 25.6 Å². The molecule has 0 amide bonds. The van der Waals surface area contributed by atoms with Crippen molar-refractivity contribution in [1.82, 2.24) is 9.13 Å². The standard InChI is InChI=1S/C15H14ClFN2O3/c16-11-5-2-1-4-10(11)8-19-14(20)12(17)9-18(15(19)21)13-6-3-7-22-13/h1-2,4-5,9,13H,3,6-8H2/t13-/m0/s1. The molecular weight excluding hydrogens is 311 g/mol. The summed E-state index contributed by atoms with van der Waals surface area (Å²) in [6, 6.07) is 6.82. The van der Waals surface area contributed by atoms with E-state index in [9.17, 15) is 14.0 Å². The Morgan fingerprint density at radius 2 is 2.09 bits per heavy atom. The molecule has 5 nitrogen and oxygen atoms in total. The molecule has 3 rings (SSSR count). The highest BCUT2D eigenvalue weighted by Crippen LogP contribution is 2.21. The van der Waals surface area contributed by atoms with Crippen molar-refractivity contribution >= 4 is 11.6 Å². The van der Waals surface area contributed by atoms with Gasteiger partial charge in [-0.25, -0.2) is 4.79 Å². The fraction of sp³-hybridized carbons (Fsp3) is 0.333. The van der Waals surface area contributed by atoms with E-state index in [0.717, 1.165) is 21.8 Å². The van der Waals surface area contributed by atoms with Crippen molar-refractivity contribution in [3.8, 4) is 0 Å². The second-order valence-corrected chi connectivity index (χ2v) is 5.52. The SMILES string of the molecule is O=c1c(F)cn([C@@H]2CCCO2)c(=O)n1Cc1ccccc1Cl. The van der Waals surface area contributed by atoms with E-state index in [1.54, 1.807) is 24.3 Å². The van der Waals surface area contributed by atoms with Crippen LogP contribution in [0.25, 0.3) is 0 Å². The molecule has 0 unspecified atom stereocenters. The first kappa shape index (κ1) is 15.0. The zero-order valence-electron chi connectivity index (χ0n) is 11.7. The predicted molar refractivity (Wildman–Crippen MR) is 79.7 cm³/mol. The number of benzene rings is 1. The van der Waals surface area contributed by atoms with Gasteiger partial charge in [0.2, 0.25) is 5.82 Å². The summed E-state index contributed by atoms with van der Waals surface area (Å²) < 4.78 is 21.3. The Morgan fingerprint density at radius 1 is 1.32 bits per heavy atom. The maximum atomic E-state index is 13.9. The summed E-state index contributed by atoms with van der Waals surface area (Å²) >= 11 is 6.04. The number of rotatable bonds is 3. The Bertz CT molecular complexity index is 809. The second kappa shape index (κ2) is 6.06. The van der Waals surface area contributed by atoms with Crippen molar-refractivity contribution in [1.29, 1.82) is 0 Å². The van der Waals surface area contributed by atoms with Gasteiger partial charge in [0.25, 0.3) is 5.56 Å². The first-order valence-electron chi connectivity index (χ1n) is 6.94. The lowest BCUT2D eigenvalue weighted by Gasteiger charge is -2.15. The van der Waals surface area contributed by atoms with Gasteiger partial charge in [0, 0.05) is 11.6 Å². The molecule has 1 atom stereocenters. The van der Waals surface area contributed by atoms with Crippen molar-refractivity contribution in [3.63, 3.8) is 0 Å². The fourth-order valence-electron chi connectivity index (χ4n) is 2.51. The van der Waals surface area contributed by atoms with Crippen LogP contribution in [0.3, 0.4) is 0 Å². The van der Waals surface area contributed by atoms with Crippen molar-refractivity contribution in [3.05, 3.63) is 67.7 Å². The Hall–Kier alpha value is -1.92. The van der Waals surface area contributed by atoms with Crippen LogP contribution >= 0.6 is 11.6 Å². The Balaban J connectivity index is 2.09. The topological polar surface area (TPSA) is 53.2 Å². The minimum atomic E-state index is -0.984. The first-order valence-corrected chi connectivity index (χ1v) is 7.32. The summed E-state index contributed by atoms with van der Waals surface area (Å²) in [5.74, 6) is -0.984. The molecule has 0 spiro atoms. The molecule has 1 aromatic heterocycles. The molecule has 7 heteroatoms. The highest BCUT2D eigenvalue weighted by atomic mass is 35.5. The van der Waals surface area contributed by atoms with E-state index in [0.29, 0.717) is 23.6 Å². The number of hydrogen-bond acceptors (Lipinski definition) is 3. The van der Waals surface area contributed by atoms with Crippen LogP contribution in [0.15, 0.2) is 40.1 Å². The summed E-state index contributed by atoms with van der Waals surface area (Å²) in [4.78, 5) is 24.4. The first-order chi connectivity index (χ1) is 10.6. The molecular formula is C15H14ClFN2O3. The lowest BCUT2D eigenvalue weighted by atomic mass is 10.2. The predicted octanol–water partition coefficient (Wildman–Crippen LogP) is 2.16. The molecule has 22 heavy (non-hydrogen) atoms. The van der Waals surface area contributed by atoms with E-state index in [1.807, 2.05) is 0 Å². The minimum Gasteiger partial charge on any atom is -0.358 e. The van der Waals surface area contributed by atoms with Crippen LogP contribution in [0.4, 0.5) is 4.39 Å². The van der Waals surface area contributed by atoms with Gasteiger partial charge in [-0.3, -0.25) is 13.9 Å². The average Bonchev–Trinajstić information content (AvgIpc) is 3.03. The van der Waals surface area contributed by atoms with Gasteiger partial charge in [-0.15, -0.1) is 0 Å². The lowest BCUT2D eigenvalue weighted by Crippen LogP contribution is -2.42. The van der Waals surface area contributed by atoms with Gasteiger partial charge in [0.05, 0.1) is 12.7 Å². The molecule has 2 heterocycles. The van der Waals surface area contributed by atoms with E-state index in [2.05, 4.69) is 0 Å². The minimum absolute atomic E-state index is 0.0815. The molecule has 0 aliphatic carbocycles. The van der Waals surface area contributed by atoms with E-state index < -0.39 is 23.3 Å². The van der Waals surface area contributed by atoms with Crippen LogP contribution in [-0.2, 0) is 11.3 Å². The van der Waals surface area contributed by atoms with Crippen LogP contribution in [0.2, 0.25) is 5.02 Å². The largest absolute Gasteiger partial charge is 0.358 e. The maximum absolute atomic E-state index is 13.9. The smallest absolute Gasteiger partial charge is 0.333 e. The average molecular weight is 325 g/mol. The highest BCUT2D eigenvalue weighted by Gasteiger charge is 2.22. The van der Waals surface area contributed by atoms with Crippen LogP contribution in [0.5, 0.6) is 0 Å². The van der Waals surface area contributed by atoms with Gasteiger partial charge < -0.3 is 4.74 Å². The van der Waals surface area contributed by atoms with Crippen LogP contribution in [0.1, 0.15) is 24.6 Å². The number of halogens is 2. The van der Waals surface area contributed by atoms with Crippen LogP contribution in [-0.4, -0.2) is 15.7 Å². The molecule has 0 bridgehead atoms. The van der Waals surface area contributed by atoms with Crippen LogP contribution in [0, 0.1) is 5.82 Å². The normalized spacial score (nSPS) is 17.8. The van der Waals surface area contributed by atoms with E-state index in [1.165, 1.54) is 0 Å². The molecule has 1 fully saturated rings. The van der Waals surface area contributed by atoms with Gasteiger partial charge in [-0.05, 0) is 24.5 Å². The zero-order valence-corrected chi connectivity index (χ0v) is 12.4. The molecule has 0 N–H and O–H groups in total. The van der Waals surface area contributed by atoms with Gasteiger partial charge in [-0.2, -0.15) is 4.39 Å². The van der Waals surface area contributed by atoms with E-state index >= 15 is 0 Å². The van der Waals surface area contributed by atoms with Gasteiger partial charge in [0.15, 0.2) is 0 Å².